The summed E-state index contributed by atoms with van der Waals surface area (Å²) in [4.78, 5) is 11.6. The van der Waals surface area contributed by atoms with Gasteiger partial charge in [-0.05, 0) is 0 Å². The van der Waals surface area contributed by atoms with Crippen LogP contribution in [0.4, 0.5) is 0 Å². The van der Waals surface area contributed by atoms with Gasteiger partial charge >= 0.3 is 0 Å². The summed E-state index contributed by atoms with van der Waals surface area (Å²) in [6.07, 6.45) is -2.32. The highest BCUT2D eigenvalue weighted by atomic mass is 35.5. The van der Waals surface area contributed by atoms with Gasteiger partial charge in [0, 0.05) is 6.42 Å². The molecule has 2 heterocycles. The van der Waals surface area contributed by atoms with Crippen molar-refractivity contribution in [1.29, 1.82) is 0 Å². The molecular formula is C10H16ClN3O5. The number of aromatic amines is 1. The van der Waals surface area contributed by atoms with Gasteiger partial charge in [-0.3, -0.25) is 0 Å². The first kappa shape index (κ1) is 15.9. The van der Waals surface area contributed by atoms with Gasteiger partial charge < -0.3 is 30.2 Å². The Labute approximate surface area is 115 Å². The zero-order valence-electron chi connectivity index (χ0n) is 9.93. The monoisotopic (exact) mass is 293 g/mol. The number of aliphatic hydroxyl groups is 4. The number of halogens is 1. The largest absolute Gasteiger partial charge is 0.395 e. The lowest BCUT2D eigenvalue weighted by molar-refractivity contribution is -0.0788. The Bertz CT molecular complexity index is 439. The average Bonchev–Trinajstić information content (AvgIpc) is 3.05. The standard InChI is InChI=1S/C10H15N3O5.ClH/c14-4-7(15)9(17)8(16)6-3-11-10(12-6)5-1-2-18-13-5;/h3,7-9,14-17H,1-2,4H2,(H,11,12);1H/t7-,8-,9-;/m1./s1. The Balaban J connectivity index is 0.00000180. The van der Waals surface area contributed by atoms with E-state index in [2.05, 4.69) is 15.1 Å². The normalized spacial score (nSPS) is 19.1. The number of oxime groups is 1. The van der Waals surface area contributed by atoms with E-state index >= 15 is 0 Å². The molecule has 1 aromatic heterocycles. The molecule has 1 aliphatic heterocycles. The summed E-state index contributed by atoms with van der Waals surface area (Å²) >= 11 is 0. The number of nitrogens with zero attached hydrogens (tertiary/aromatic N) is 2. The first-order valence-corrected chi connectivity index (χ1v) is 5.52. The van der Waals surface area contributed by atoms with E-state index in [1.54, 1.807) is 0 Å². The van der Waals surface area contributed by atoms with Crippen LogP contribution in [0.15, 0.2) is 11.4 Å². The summed E-state index contributed by atoms with van der Waals surface area (Å²) < 4.78 is 0. The van der Waals surface area contributed by atoms with Crippen LogP contribution in [0.3, 0.4) is 0 Å². The molecule has 3 atom stereocenters. The molecule has 0 aliphatic carbocycles. The molecule has 1 aliphatic rings. The number of H-pyrrole nitrogens is 1. The lowest BCUT2D eigenvalue weighted by Crippen LogP contribution is -2.34. The van der Waals surface area contributed by atoms with E-state index in [9.17, 15) is 15.3 Å². The summed E-state index contributed by atoms with van der Waals surface area (Å²) in [6.45, 7) is -0.153. The van der Waals surface area contributed by atoms with E-state index in [1.807, 2.05) is 0 Å². The fourth-order valence-electron chi connectivity index (χ4n) is 1.61. The topological polar surface area (TPSA) is 131 Å². The van der Waals surface area contributed by atoms with E-state index in [0.717, 1.165) is 0 Å². The number of rotatable bonds is 5. The molecule has 9 heteroatoms. The molecule has 0 bridgehead atoms. The van der Waals surface area contributed by atoms with Crippen molar-refractivity contribution < 1.29 is 25.3 Å². The molecule has 0 saturated heterocycles. The molecule has 0 fully saturated rings. The fourth-order valence-corrected chi connectivity index (χ4v) is 1.61. The number of hydrogen-bond acceptors (Lipinski definition) is 7. The molecule has 2 rings (SSSR count). The first-order chi connectivity index (χ1) is 8.63. The van der Waals surface area contributed by atoms with Crippen LogP contribution in [0.2, 0.25) is 0 Å². The number of imidazole rings is 1. The quantitative estimate of drug-likeness (QED) is 0.459. The summed E-state index contributed by atoms with van der Waals surface area (Å²) in [6, 6.07) is 0. The van der Waals surface area contributed by atoms with Gasteiger partial charge in [0.1, 0.15) is 30.6 Å². The maximum absolute atomic E-state index is 9.78. The van der Waals surface area contributed by atoms with Crippen molar-refractivity contribution in [3.8, 4) is 0 Å². The Morgan fingerprint density at radius 2 is 2.11 bits per heavy atom. The molecule has 8 nitrogen and oxygen atoms in total. The molecule has 0 amide bonds. The zero-order chi connectivity index (χ0) is 13.1. The third-order valence-electron chi connectivity index (χ3n) is 2.70. The smallest absolute Gasteiger partial charge is 0.155 e. The predicted molar refractivity (Wildman–Crippen MR) is 67.0 cm³/mol. The lowest BCUT2D eigenvalue weighted by atomic mass is 10.1. The Morgan fingerprint density at radius 1 is 1.37 bits per heavy atom. The van der Waals surface area contributed by atoms with Crippen LogP contribution in [0.25, 0.3) is 0 Å². The third-order valence-corrected chi connectivity index (χ3v) is 2.70. The van der Waals surface area contributed by atoms with Crippen molar-refractivity contribution in [3.05, 3.63) is 17.7 Å². The van der Waals surface area contributed by atoms with Crippen LogP contribution in [0.5, 0.6) is 0 Å². The second-order valence-corrected chi connectivity index (χ2v) is 3.99. The third kappa shape index (κ3) is 3.43. The van der Waals surface area contributed by atoms with Crippen LogP contribution < -0.4 is 0 Å². The van der Waals surface area contributed by atoms with E-state index in [1.165, 1.54) is 6.20 Å². The molecular weight excluding hydrogens is 278 g/mol. The Kier molecular flexibility index (Phi) is 5.70. The van der Waals surface area contributed by atoms with Gasteiger partial charge in [-0.15, -0.1) is 12.4 Å². The fraction of sp³-hybridized carbons (Fsp3) is 0.600. The molecule has 108 valence electrons. The summed E-state index contributed by atoms with van der Waals surface area (Å²) in [5.74, 6) is 0.451. The molecule has 0 unspecified atom stereocenters. The highest BCUT2D eigenvalue weighted by molar-refractivity contribution is 5.97. The first-order valence-electron chi connectivity index (χ1n) is 5.52. The highest BCUT2D eigenvalue weighted by Gasteiger charge is 2.27. The second kappa shape index (κ2) is 6.83. The van der Waals surface area contributed by atoms with E-state index in [0.29, 0.717) is 24.6 Å². The maximum atomic E-state index is 9.78. The van der Waals surface area contributed by atoms with Gasteiger partial charge in [-0.25, -0.2) is 4.98 Å². The van der Waals surface area contributed by atoms with Crippen LogP contribution in [0, 0.1) is 0 Å². The van der Waals surface area contributed by atoms with Gasteiger partial charge in [0.25, 0.3) is 0 Å². The van der Waals surface area contributed by atoms with Crippen molar-refractivity contribution >= 4 is 18.1 Å². The number of nitrogens with one attached hydrogen (secondary N) is 1. The Morgan fingerprint density at radius 3 is 2.68 bits per heavy atom. The van der Waals surface area contributed by atoms with Crippen molar-refractivity contribution in [2.45, 2.75) is 24.7 Å². The highest BCUT2D eigenvalue weighted by Crippen LogP contribution is 2.18. The average molecular weight is 294 g/mol. The molecule has 0 aromatic carbocycles. The van der Waals surface area contributed by atoms with Crippen molar-refractivity contribution in [2.75, 3.05) is 13.2 Å². The number of hydrogen-bond donors (Lipinski definition) is 5. The molecule has 19 heavy (non-hydrogen) atoms. The van der Waals surface area contributed by atoms with E-state index in [4.69, 9.17) is 9.94 Å². The van der Waals surface area contributed by atoms with Gasteiger partial charge in [0.05, 0.1) is 18.5 Å². The molecule has 0 saturated carbocycles. The molecule has 0 radical (unpaired) electrons. The lowest BCUT2D eigenvalue weighted by Gasteiger charge is -2.20. The van der Waals surface area contributed by atoms with Gasteiger partial charge in [0.2, 0.25) is 0 Å². The Hall–Kier alpha value is -1.19. The van der Waals surface area contributed by atoms with Gasteiger partial charge in [-0.2, -0.15) is 0 Å². The minimum Gasteiger partial charge on any atom is -0.395 e. The van der Waals surface area contributed by atoms with Crippen molar-refractivity contribution in [2.24, 2.45) is 5.16 Å². The SMILES string of the molecule is Cl.OC[C@@H](O)[C@@H](O)[C@H](O)c1cnc(C2=NOCC2)[nH]1. The van der Waals surface area contributed by atoms with Crippen molar-refractivity contribution in [1.82, 2.24) is 9.97 Å². The number of aliphatic hydroxyl groups excluding tert-OH is 4. The van der Waals surface area contributed by atoms with Crippen LogP contribution >= 0.6 is 12.4 Å². The van der Waals surface area contributed by atoms with E-state index < -0.39 is 24.9 Å². The zero-order valence-corrected chi connectivity index (χ0v) is 10.7. The van der Waals surface area contributed by atoms with Gasteiger partial charge in [0.15, 0.2) is 5.82 Å². The summed E-state index contributed by atoms with van der Waals surface area (Å²) in [5.41, 5.74) is 0.866. The van der Waals surface area contributed by atoms with Crippen molar-refractivity contribution in [3.63, 3.8) is 0 Å². The minimum atomic E-state index is -1.50. The van der Waals surface area contributed by atoms with Crippen LogP contribution in [-0.4, -0.2) is 61.5 Å². The summed E-state index contributed by atoms with van der Waals surface area (Å²) in [7, 11) is 0. The minimum absolute atomic E-state index is 0. The number of aromatic nitrogens is 2. The maximum Gasteiger partial charge on any atom is 0.155 e. The molecule has 0 spiro atoms. The molecule has 1 aromatic rings. The second-order valence-electron chi connectivity index (χ2n) is 3.99. The predicted octanol–water partition coefficient (Wildman–Crippen LogP) is -1.30. The van der Waals surface area contributed by atoms with Gasteiger partial charge in [-0.1, -0.05) is 5.16 Å². The van der Waals surface area contributed by atoms with E-state index in [-0.39, 0.29) is 18.1 Å². The molecule has 5 N–H and O–H groups in total. The van der Waals surface area contributed by atoms with Crippen LogP contribution in [-0.2, 0) is 4.84 Å². The van der Waals surface area contributed by atoms with Crippen LogP contribution in [0.1, 0.15) is 24.0 Å². The summed E-state index contributed by atoms with van der Waals surface area (Å²) in [5, 5.41) is 41.0.